The maximum Gasteiger partial charge on any atom is 0.355 e. The Morgan fingerprint density at radius 2 is 1.83 bits per heavy atom. The Bertz CT molecular complexity index is 1130. The number of esters is 1. The number of rotatable bonds is 3. The molecule has 1 spiro atoms. The topological polar surface area (TPSA) is 193 Å². The van der Waals surface area contributed by atoms with Crippen molar-refractivity contribution in [2.75, 3.05) is 0 Å². The second-order valence-corrected chi connectivity index (χ2v) is 12.0. The van der Waals surface area contributed by atoms with Gasteiger partial charge in [-0.1, -0.05) is 20.8 Å². The summed E-state index contributed by atoms with van der Waals surface area (Å²) in [6, 6.07) is 3.00. The van der Waals surface area contributed by atoms with E-state index in [0.717, 1.165) is 0 Å². The van der Waals surface area contributed by atoms with Crippen LogP contribution < -0.4 is 0 Å². The lowest BCUT2D eigenvalue weighted by atomic mass is 9.52. The first-order valence-corrected chi connectivity index (χ1v) is 12.0. The highest BCUT2D eigenvalue weighted by molar-refractivity contribution is 5.87. The van der Waals surface area contributed by atoms with Crippen LogP contribution in [0.5, 0.6) is 0 Å². The Labute approximate surface area is 201 Å². The average Bonchev–Trinajstić information content (AvgIpc) is 3.41. The number of aliphatic hydroxyl groups is 7. The SMILES string of the molecule is CC(C)[C@@]1(O)[C@@H](OC(=O)c2ccc[nH]2)[C@@]2(O)[C@@]3(C)C[C@]4(O)O[C@@]5([C@H](O)[C@@H](O)CC[C@]35O)[C@@]2(O)[C@@]14C. The highest BCUT2D eigenvalue weighted by Crippen LogP contribution is 2.90. The van der Waals surface area contributed by atoms with E-state index in [1.165, 1.54) is 26.1 Å². The molecule has 7 rings (SSSR count). The van der Waals surface area contributed by atoms with Crippen molar-refractivity contribution in [2.45, 2.75) is 99.1 Å². The third-order valence-corrected chi connectivity index (χ3v) is 11.0. The fraction of sp³-hybridized carbons (Fsp3) is 0.792. The van der Waals surface area contributed by atoms with Gasteiger partial charge in [-0.25, -0.2) is 4.79 Å². The van der Waals surface area contributed by atoms with Crippen molar-refractivity contribution in [3.63, 3.8) is 0 Å². The second-order valence-electron chi connectivity index (χ2n) is 12.0. The summed E-state index contributed by atoms with van der Waals surface area (Å²) in [5, 5.41) is 83.9. The van der Waals surface area contributed by atoms with E-state index in [1.54, 1.807) is 19.9 Å². The van der Waals surface area contributed by atoms with E-state index in [1.807, 2.05) is 0 Å². The van der Waals surface area contributed by atoms with Gasteiger partial charge in [-0.05, 0) is 37.8 Å². The van der Waals surface area contributed by atoms with Crippen molar-refractivity contribution >= 4 is 5.97 Å². The number of aromatic nitrogens is 1. The lowest BCUT2D eigenvalue weighted by Gasteiger charge is -2.60. The summed E-state index contributed by atoms with van der Waals surface area (Å²) in [5.41, 5.74) is -16.2. The maximum absolute atomic E-state index is 13.1. The molecule has 3 heterocycles. The number of carbonyl (C=O) groups is 1. The number of aliphatic hydroxyl groups excluding tert-OH is 2. The Hall–Kier alpha value is -1.57. The first-order chi connectivity index (χ1) is 16.0. The highest BCUT2D eigenvalue weighted by atomic mass is 16.7. The van der Waals surface area contributed by atoms with Crippen LogP contribution in [0.4, 0.5) is 0 Å². The van der Waals surface area contributed by atoms with Crippen LogP contribution in [-0.2, 0) is 9.47 Å². The van der Waals surface area contributed by atoms with Crippen LogP contribution in [0, 0.1) is 16.7 Å². The molecule has 6 fully saturated rings. The molecule has 2 aliphatic heterocycles. The van der Waals surface area contributed by atoms with Gasteiger partial charge in [0.05, 0.1) is 11.5 Å². The van der Waals surface area contributed by atoms with E-state index in [-0.39, 0.29) is 18.5 Å². The van der Waals surface area contributed by atoms with Gasteiger partial charge in [0.1, 0.15) is 34.2 Å². The first-order valence-electron chi connectivity index (χ1n) is 12.0. The van der Waals surface area contributed by atoms with Crippen molar-refractivity contribution < 1.29 is 50.0 Å². The number of ether oxygens (including phenoxy) is 2. The van der Waals surface area contributed by atoms with E-state index in [0.29, 0.717) is 0 Å². The lowest BCUT2D eigenvalue weighted by molar-refractivity contribution is -0.392. The lowest BCUT2D eigenvalue weighted by Crippen LogP contribution is -2.76. The quantitative estimate of drug-likeness (QED) is 0.230. The molecule has 0 radical (unpaired) electrons. The number of H-pyrrole nitrogens is 1. The molecular weight excluding hydrogens is 462 g/mol. The molecule has 4 aliphatic carbocycles. The molecule has 1 aromatic heterocycles. The fourth-order valence-corrected chi connectivity index (χ4v) is 9.35. The summed E-state index contributed by atoms with van der Waals surface area (Å²) in [6.45, 7) is 5.91. The third-order valence-electron chi connectivity index (χ3n) is 11.0. The molecule has 194 valence electrons. The van der Waals surface area contributed by atoms with E-state index in [9.17, 15) is 40.5 Å². The molecule has 11 atom stereocenters. The monoisotopic (exact) mass is 495 g/mol. The van der Waals surface area contributed by atoms with Gasteiger partial charge in [-0.15, -0.1) is 0 Å². The van der Waals surface area contributed by atoms with E-state index in [4.69, 9.17) is 9.47 Å². The summed E-state index contributed by atoms with van der Waals surface area (Å²) in [5.74, 6) is -4.11. The number of aromatic amines is 1. The van der Waals surface area contributed by atoms with E-state index >= 15 is 0 Å². The van der Waals surface area contributed by atoms with Crippen LogP contribution in [0.3, 0.4) is 0 Å². The highest BCUT2D eigenvalue weighted by Gasteiger charge is 3.10. The van der Waals surface area contributed by atoms with Gasteiger partial charge in [0.15, 0.2) is 17.5 Å². The number of hydrogen-bond acceptors (Lipinski definition) is 10. The maximum atomic E-state index is 13.1. The molecule has 8 N–H and O–H groups in total. The van der Waals surface area contributed by atoms with Crippen molar-refractivity contribution in [3.8, 4) is 0 Å². The molecule has 2 saturated heterocycles. The predicted octanol–water partition coefficient (Wildman–Crippen LogP) is -1.46. The van der Waals surface area contributed by atoms with E-state index in [2.05, 4.69) is 4.98 Å². The predicted molar refractivity (Wildman–Crippen MR) is 115 cm³/mol. The van der Waals surface area contributed by atoms with Crippen LogP contribution in [-0.4, -0.2) is 98.8 Å². The van der Waals surface area contributed by atoms with Crippen LogP contribution in [0.2, 0.25) is 0 Å². The minimum Gasteiger partial charge on any atom is -0.451 e. The molecule has 0 aromatic carbocycles. The smallest absolute Gasteiger partial charge is 0.355 e. The molecule has 6 bridgehead atoms. The molecule has 11 heteroatoms. The van der Waals surface area contributed by atoms with Crippen molar-refractivity contribution in [1.29, 1.82) is 0 Å². The van der Waals surface area contributed by atoms with E-state index < -0.39 is 81.2 Å². The zero-order valence-corrected chi connectivity index (χ0v) is 20.0. The molecular formula is C24H33NO10. The van der Waals surface area contributed by atoms with Gasteiger partial charge in [-0.2, -0.15) is 0 Å². The van der Waals surface area contributed by atoms with Gasteiger partial charge < -0.3 is 50.2 Å². The number of hydrogen-bond donors (Lipinski definition) is 8. The third kappa shape index (κ3) is 1.74. The Balaban J connectivity index is 1.69. The molecule has 35 heavy (non-hydrogen) atoms. The van der Waals surface area contributed by atoms with Crippen LogP contribution in [0.1, 0.15) is 57.4 Å². The van der Waals surface area contributed by atoms with Gasteiger partial charge in [-0.3, -0.25) is 0 Å². The van der Waals surface area contributed by atoms with Crippen LogP contribution in [0.25, 0.3) is 0 Å². The first kappa shape index (κ1) is 23.8. The minimum atomic E-state index is -2.75. The summed E-state index contributed by atoms with van der Waals surface area (Å²) in [7, 11) is 0. The standard InChI is InChI=1S/C24H33NO10/c1-11(2)21(31)16(34-15(28)12-6-5-9-25-12)22(32)17(3)10-20(30)18(21,4)24(22,33)23(35-20)14(27)13(26)7-8-19(17,23)29/h5-6,9,11,13-14,16,25-27,29-33H,7-8,10H2,1-4H3/t13-,14+,16+,17-,18+,19-,20-,21+,22+,23+,24+/m0/s1. The van der Waals surface area contributed by atoms with Crippen molar-refractivity contribution in [2.24, 2.45) is 16.7 Å². The number of carbonyl (C=O) groups excluding carboxylic acids is 1. The minimum absolute atomic E-state index is 0.0284. The molecule has 6 aliphatic rings. The molecule has 0 unspecified atom stereocenters. The molecule has 4 saturated carbocycles. The van der Waals surface area contributed by atoms with Gasteiger partial charge in [0, 0.05) is 18.0 Å². The van der Waals surface area contributed by atoms with Gasteiger partial charge in [0.25, 0.3) is 0 Å². The summed E-state index contributed by atoms with van der Waals surface area (Å²) in [6.07, 6.45) is -4.42. The Kier molecular flexibility index (Phi) is 4.04. The number of nitrogens with one attached hydrogen (secondary N) is 1. The Morgan fingerprint density at radius 1 is 1.17 bits per heavy atom. The molecule has 1 aromatic rings. The average molecular weight is 496 g/mol. The summed E-state index contributed by atoms with van der Waals surface area (Å²) in [4.78, 5) is 15.8. The zero-order chi connectivity index (χ0) is 25.8. The summed E-state index contributed by atoms with van der Waals surface area (Å²) >= 11 is 0. The van der Waals surface area contributed by atoms with Gasteiger partial charge in [0.2, 0.25) is 0 Å². The van der Waals surface area contributed by atoms with Crippen LogP contribution >= 0.6 is 0 Å². The summed E-state index contributed by atoms with van der Waals surface area (Å²) < 4.78 is 11.8. The zero-order valence-electron chi connectivity index (χ0n) is 20.0. The Morgan fingerprint density at radius 3 is 2.40 bits per heavy atom. The van der Waals surface area contributed by atoms with Gasteiger partial charge >= 0.3 is 5.97 Å². The second kappa shape index (κ2) is 5.94. The molecule has 0 amide bonds. The largest absolute Gasteiger partial charge is 0.451 e. The van der Waals surface area contributed by atoms with Crippen molar-refractivity contribution in [1.82, 2.24) is 4.98 Å². The van der Waals surface area contributed by atoms with Crippen LogP contribution in [0.15, 0.2) is 18.3 Å². The fourth-order valence-electron chi connectivity index (χ4n) is 9.35. The van der Waals surface area contributed by atoms with Crippen molar-refractivity contribution in [3.05, 3.63) is 24.0 Å². The normalized spacial score (nSPS) is 59.8. The molecule has 11 nitrogen and oxygen atoms in total.